The number of nitrogens with one attached hydrogen (secondary N) is 1. The molecule has 0 amide bonds. The Balaban J connectivity index is 2.09. The number of nitrogens with zero attached hydrogens (tertiary/aromatic N) is 1. The van der Waals surface area contributed by atoms with Gasteiger partial charge in [0.05, 0.1) is 11.6 Å². The van der Waals surface area contributed by atoms with Gasteiger partial charge in [-0.1, -0.05) is 0 Å². The number of carbonyl (C=O) groups is 1. The molecule has 1 unspecified atom stereocenters. The predicted octanol–water partition coefficient (Wildman–Crippen LogP) is 1.49. The van der Waals surface area contributed by atoms with E-state index >= 15 is 0 Å². The smallest absolute Gasteiger partial charge is 0.312 e. The minimum absolute atomic E-state index is 0.427. The number of H-pyrrole nitrogens is 1. The van der Waals surface area contributed by atoms with Crippen LogP contribution in [0.3, 0.4) is 0 Å². The zero-order valence-corrected chi connectivity index (χ0v) is 9.27. The molecule has 1 saturated heterocycles. The van der Waals surface area contributed by atoms with E-state index in [1.165, 1.54) is 0 Å². The molecule has 0 saturated carbocycles. The molecular weight excluding hydrogens is 208 g/mol. The van der Waals surface area contributed by atoms with Crippen LogP contribution in [-0.2, 0) is 9.53 Å². The Morgan fingerprint density at radius 3 is 2.94 bits per heavy atom. The maximum Gasteiger partial charge on any atom is 0.312 e. The highest BCUT2D eigenvalue weighted by Crippen LogP contribution is 2.27. The monoisotopic (exact) mass is 224 g/mol. The molecule has 1 aromatic heterocycles. The maximum absolute atomic E-state index is 10.8. The van der Waals surface area contributed by atoms with E-state index in [9.17, 15) is 4.79 Å². The summed E-state index contributed by atoms with van der Waals surface area (Å²) in [6.45, 7) is 3.19. The summed E-state index contributed by atoms with van der Waals surface area (Å²) in [5.41, 5.74) is 1.64. The summed E-state index contributed by atoms with van der Waals surface area (Å²) in [5.74, 6) is -0.967. The Kier molecular flexibility index (Phi) is 3.24. The van der Waals surface area contributed by atoms with Crippen LogP contribution >= 0.6 is 0 Å². The number of aromatic amines is 1. The average molecular weight is 224 g/mol. The van der Waals surface area contributed by atoms with Crippen LogP contribution in [0.4, 0.5) is 0 Å². The average Bonchev–Trinajstić information content (AvgIpc) is 2.78. The van der Waals surface area contributed by atoms with E-state index in [-0.39, 0.29) is 0 Å². The lowest BCUT2D eigenvalue weighted by atomic mass is 9.95. The highest BCUT2D eigenvalue weighted by molar-refractivity contribution is 5.74. The molecule has 1 atom stereocenters. The third-order valence-corrected chi connectivity index (χ3v) is 3.09. The Labute approximate surface area is 93.8 Å². The van der Waals surface area contributed by atoms with Gasteiger partial charge in [0, 0.05) is 24.8 Å². The van der Waals surface area contributed by atoms with Crippen molar-refractivity contribution < 1.29 is 14.6 Å². The Hall–Kier alpha value is -1.36. The zero-order valence-electron chi connectivity index (χ0n) is 9.27. The molecule has 2 rings (SSSR count). The van der Waals surface area contributed by atoms with Crippen LogP contribution in [0.1, 0.15) is 43.0 Å². The van der Waals surface area contributed by atoms with Gasteiger partial charge >= 0.3 is 5.97 Å². The zero-order chi connectivity index (χ0) is 11.5. The summed E-state index contributed by atoms with van der Waals surface area (Å²) in [7, 11) is 0. The van der Waals surface area contributed by atoms with E-state index in [1.54, 1.807) is 6.92 Å². The third-order valence-electron chi connectivity index (χ3n) is 3.09. The van der Waals surface area contributed by atoms with Gasteiger partial charge in [0.2, 0.25) is 0 Å². The van der Waals surface area contributed by atoms with Crippen LogP contribution in [0, 0.1) is 0 Å². The highest BCUT2D eigenvalue weighted by Gasteiger charge is 2.21. The topological polar surface area (TPSA) is 75.2 Å². The first-order valence-corrected chi connectivity index (χ1v) is 5.54. The van der Waals surface area contributed by atoms with Crippen LogP contribution in [0.15, 0.2) is 6.07 Å². The lowest BCUT2D eigenvalue weighted by Gasteiger charge is -2.20. The Morgan fingerprint density at radius 2 is 2.31 bits per heavy atom. The summed E-state index contributed by atoms with van der Waals surface area (Å²) in [6, 6.07) is 1.87. The molecule has 5 heteroatoms. The van der Waals surface area contributed by atoms with Gasteiger partial charge in [-0.15, -0.1) is 0 Å². The predicted molar refractivity (Wildman–Crippen MR) is 57.4 cm³/mol. The van der Waals surface area contributed by atoms with Crippen molar-refractivity contribution in [2.24, 2.45) is 0 Å². The van der Waals surface area contributed by atoms with Crippen molar-refractivity contribution in [3.05, 3.63) is 17.5 Å². The van der Waals surface area contributed by atoms with E-state index < -0.39 is 11.9 Å². The van der Waals surface area contributed by atoms with Crippen LogP contribution < -0.4 is 0 Å². The van der Waals surface area contributed by atoms with Crippen LogP contribution in [0.2, 0.25) is 0 Å². The fraction of sp³-hybridized carbons (Fsp3) is 0.636. The molecule has 0 bridgehead atoms. The molecule has 16 heavy (non-hydrogen) atoms. The highest BCUT2D eigenvalue weighted by atomic mass is 16.5. The molecule has 2 heterocycles. The Bertz CT molecular complexity index is 369. The van der Waals surface area contributed by atoms with E-state index in [0.29, 0.717) is 11.6 Å². The lowest BCUT2D eigenvalue weighted by Crippen LogP contribution is -2.14. The minimum atomic E-state index is -0.843. The van der Waals surface area contributed by atoms with Crippen molar-refractivity contribution in [3.8, 4) is 0 Å². The molecule has 1 aliphatic rings. The molecule has 1 aliphatic heterocycles. The number of aromatic nitrogens is 2. The molecule has 0 radical (unpaired) electrons. The lowest BCUT2D eigenvalue weighted by molar-refractivity contribution is -0.138. The van der Waals surface area contributed by atoms with Gasteiger partial charge in [-0.2, -0.15) is 5.10 Å². The second kappa shape index (κ2) is 4.65. The van der Waals surface area contributed by atoms with Gasteiger partial charge < -0.3 is 9.84 Å². The normalized spacial score (nSPS) is 19.6. The van der Waals surface area contributed by atoms with Crippen LogP contribution in [0.25, 0.3) is 0 Å². The molecule has 2 N–H and O–H groups in total. The van der Waals surface area contributed by atoms with Gasteiger partial charge in [-0.05, 0) is 25.8 Å². The molecular formula is C11H16N2O3. The number of carboxylic acids is 1. The fourth-order valence-corrected chi connectivity index (χ4v) is 1.92. The SMILES string of the molecule is CC(C(=O)O)c1cc(C2CCOCC2)[nH]n1. The first-order valence-electron chi connectivity index (χ1n) is 5.54. The van der Waals surface area contributed by atoms with Crippen LogP contribution in [-0.4, -0.2) is 34.5 Å². The summed E-state index contributed by atoms with van der Waals surface area (Å²) in [4.78, 5) is 10.8. The van der Waals surface area contributed by atoms with Crippen molar-refractivity contribution in [2.75, 3.05) is 13.2 Å². The van der Waals surface area contributed by atoms with Crippen LogP contribution in [0.5, 0.6) is 0 Å². The number of carboxylic acid groups (broad SMARTS) is 1. The van der Waals surface area contributed by atoms with Gasteiger partial charge in [0.1, 0.15) is 0 Å². The van der Waals surface area contributed by atoms with Gasteiger partial charge in [-0.3, -0.25) is 9.89 Å². The maximum atomic E-state index is 10.8. The Morgan fingerprint density at radius 1 is 1.62 bits per heavy atom. The van der Waals surface area contributed by atoms with Crippen molar-refractivity contribution in [1.82, 2.24) is 10.2 Å². The van der Waals surface area contributed by atoms with Crippen molar-refractivity contribution in [2.45, 2.75) is 31.6 Å². The summed E-state index contributed by atoms with van der Waals surface area (Å²) < 4.78 is 5.29. The second-order valence-electron chi connectivity index (χ2n) is 4.19. The molecule has 0 spiro atoms. The summed E-state index contributed by atoms with van der Waals surface area (Å²) in [5, 5.41) is 15.9. The van der Waals surface area contributed by atoms with Crippen molar-refractivity contribution in [1.29, 1.82) is 0 Å². The molecule has 88 valence electrons. The molecule has 0 aliphatic carbocycles. The largest absolute Gasteiger partial charge is 0.481 e. The van der Waals surface area contributed by atoms with Crippen molar-refractivity contribution in [3.63, 3.8) is 0 Å². The first-order chi connectivity index (χ1) is 7.68. The van der Waals surface area contributed by atoms with Gasteiger partial charge in [0.25, 0.3) is 0 Å². The van der Waals surface area contributed by atoms with E-state index in [2.05, 4.69) is 10.2 Å². The summed E-state index contributed by atoms with van der Waals surface area (Å²) in [6.07, 6.45) is 1.95. The standard InChI is InChI=1S/C11H16N2O3/c1-7(11(14)15)9-6-10(13-12-9)8-2-4-16-5-3-8/h6-8H,2-5H2,1H3,(H,12,13)(H,14,15). The number of ether oxygens (including phenoxy) is 1. The molecule has 0 aromatic carbocycles. The minimum Gasteiger partial charge on any atom is -0.481 e. The second-order valence-corrected chi connectivity index (χ2v) is 4.19. The number of hydrogen-bond acceptors (Lipinski definition) is 3. The number of rotatable bonds is 3. The number of aliphatic carboxylic acids is 1. The van der Waals surface area contributed by atoms with E-state index in [0.717, 1.165) is 31.7 Å². The van der Waals surface area contributed by atoms with E-state index in [1.807, 2.05) is 6.07 Å². The summed E-state index contributed by atoms with van der Waals surface area (Å²) >= 11 is 0. The fourth-order valence-electron chi connectivity index (χ4n) is 1.92. The van der Waals surface area contributed by atoms with Gasteiger partial charge in [0.15, 0.2) is 0 Å². The molecule has 1 fully saturated rings. The van der Waals surface area contributed by atoms with Gasteiger partial charge in [-0.25, -0.2) is 0 Å². The third kappa shape index (κ3) is 2.24. The van der Waals surface area contributed by atoms with E-state index in [4.69, 9.17) is 9.84 Å². The van der Waals surface area contributed by atoms with Crippen molar-refractivity contribution >= 4 is 5.97 Å². The molecule has 1 aromatic rings. The quantitative estimate of drug-likeness (QED) is 0.815. The molecule has 5 nitrogen and oxygen atoms in total. The first kappa shape index (κ1) is 11.1. The number of hydrogen-bond donors (Lipinski definition) is 2.